The standard InChI is InChI=1S/C25H24N4O2S2/c1-17(24(30)26-21-11-5-6-12-22(21)33-20-9-3-2-4-10-20)32-25-28-27-23(18-13-14-18)29(25)16-19-8-7-15-31-19/h2-12,15,17-18H,13-14,16H2,1H3,(H,26,30). The number of carbonyl (C=O) groups is 1. The molecule has 1 fully saturated rings. The summed E-state index contributed by atoms with van der Waals surface area (Å²) < 4.78 is 7.63. The van der Waals surface area contributed by atoms with E-state index in [0.717, 1.165) is 45.1 Å². The molecule has 0 saturated heterocycles. The fourth-order valence-corrected chi connectivity index (χ4v) is 5.24. The molecule has 2 heterocycles. The lowest BCUT2D eigenvalue weighted by Gasteiger charge is -2.15. The Balaban J connectivity index is 1.29. The number of hydrogen-bond donors (Lipinski definition) is 1. The van der Waals surface area contributed by atoms with Crippen molar-refractivity contribution in [3.05, 3.63) is 84.6 Å². The first-order valence-electron chi connectivity index (χ1n) is 10.9. The number of rotatable bonds is 9. The molecule has 4 aromatic rings. The maximum absolute atomic E-state index is 13.1. The van der Waals surface area contributed by atoms with Crippen LogP contribution in [0.3, 0.4) is 0 Å². The molecule has 168 valence electrons. The predicted molar refractivity (Wildman–Crippen MR) is 131 cm³/mol. The summed E-state index contributed by atoms with van der Waals surface area (Å²) in [6.45, 7) is 2.47. The highest BCUT2D eigenvalue weighted by Crippen LogP contribution is 2.41. The number of hydrogen-bond acceptors (Lipinski definition) is 6. The lowest BCUT2D eigenvalue weighted by molar-refractivity contribution is -0.115. The smallest absolute Gasteiger partial charge is 0.237 e. The largest absolute Gasteiger partial charge is 0.467 e. The molecule has 1 aliphatic carbocycles. The summed E-state index contributed by atoms with van der Waals surface area (Å²) in [6.07, 6.45) is 3.93. The van der Waals surface area contributed by atoms with Crippen LogP contribution in [0.2, 0.25) is 0 Å². The first kappa shape index (κ1) is 21.9. The van der Waals surface area contributed by atoms with E-state index in [1.165, 1.54) is 11.8 Å². The topological polar surface area (TPSA) is 73.0 Å². The van der Waals surface area contributed by atoms with Crippen LogP contribution in [0, 0.1) is 0 Å². The van der Waals surface area contributed by atoms with Gasteiger partial charge in [0.2, 0.25) is 5.91 Å². The zero-order valence-electron chi connectivity index (χ0n) is 18.2. The van der Waals surface area contributed by atoms with Crippen molar-refractivity contribution in [1.82, 2.24) is 14.8 Å². The zero-order valence-corrected chi connectivity index (χ0v) is 19.8. The summed E-state index contributed by atoms with van der Waals surface area (Å²) in [5.74, 6) is 2.21. The van der Waals surface area contributed by atoms with Crippen LogP contribution in [0.1, 0.15) is 37.3 Å². The van der Waals surface area contributed by atoms with E-state index in [-0.39, 0.29) is 11.2 Å². The molecule has 6 nitrogen and oxygen atoms in total. The number of nitrogens with zero attached hydrogens (tertiary/aromatic N) is 3. The molecule has 8 heteroatoms. The van der Waals surface area contributed by atoms with Crippen LogP contribution in [0.25, 0.3) is 0 Å². The van der Waals surface area contributed by atoms with Gasteiger partial charge >= 0.3 is 0 Å². The van der Waals surface area contributed by atoms with Gasteiger partial charge < -0.3 is 9.73 Å². The van der Waals surface area contributed by atoms with Gasteiger partial charge in [0, 0.05) is 15.7 Å². The highest BCUT2D eigenvalue weighted by molar-refractivity contribution is 8.00. The second-order valence-electron chi connectivity index (χ2n) is 7.94. The molecule has 1 unspecified atom stereocenters. The maximum atomic E-state index is 13.1. The fourth-order valence-electron chi connectivity index (χ4n) is 3.46. The molecule has 1 amide bonds. The van der Waals surface area contributed by atoms with E-state index in [1.807, 2.05) is 61.5 Å². The van der Waals surface area contributed by atoms with Crippen LogP contribution in [0.5, 0.6) is 0 Å². The minimum atomic E-state index is -0.341. The fraction of sp³-hybridized carbons (Fsp3) is 0.240. The lowest BCUT2D eigenvalue weighted by atomic mass is 10.3. The van der Waals surface area contributed by atoms with Crippen molar-refractivity contribution in [3.63, 3.8) is 0 Å². The van der Waals surface area contributed by atoms with Crippen molar-refractivity contribution in [2.75, 3.05) is 5.32 Å². The van der Waals surface area contributed by atoms with Gasteiger partial charge in [-0.25, -0.2) is 0 Å². The molecule has 2 aromatic heterocycles. The van der Waals surface area contributed by atoms with Crippen molar-refractivity contribution in [2.24, 2.45) is 0 Å². The second-order valence-corrected chi connectivity index (χ2v) is 10.4. The van der Waals surface area contributed by atoms with Gasteiger partial charge in [0.15, 0.2) is 5.16 Å². The van der Waals surface area contributed by atoms with E-state index in [1.54, 1.807) is 18.0 Å². The van der Waals surface area contributed by atoms with Gasteiger partial charge in [-0.15, -0.1) is 10.2 Å². The minimum absolute atomic E-state index is 0.0679. The number of nitrogens with one attached hydrogen (secondary N) is 1. The third-order valence-corrected chi connectivity index (χ3v) is 7.51. The quantitative estimate of drug-likeness (QED) is 0.296. The molecule has 0 spiro atoms. The van der Waals surface area contributed by atoms with Gasteiger partial charge in [-0.3, -0.25) is 9.36 Å². The molecule has 2 aromatic carbocycles. The lowest BCUT2D eigenvalue weighted by Crippen LogP contribution is -2.23. The molecular weight excluding hydrogens is 452 g/mol. The van der Waals surface area contributed by atoms with Crippen LogP contribution >= 0.6 is 23.5 Å². The van der Waals surface area contributed by atoms with E-state index in [4.69, 9.17) is 4.42 Å². The van der Waals surface area contributed by atoms with E-state index in [9.17, 15) is 4.79 Å². The molecule has 5 rings (SSSR count). The van der Waals surface area contributed by atoms with Crippen molar-refractivity contribution >= 4 is 35.1 Å². The van der Waals surface area contributed by atoms with Crippen molar-refractivity contribution < 1.29 is 9.21 Å². The Morgan fingerprint density at radius 3 is 2.64 bits per heavy atom. The summed E-state index contributed by atoms with van der Waals surface area (Å²) in [4.78, 5) is 15.2. The Hall–Kier alpha value is -2.97. The van der Waals surface area contributed by atoms with Crippen LogP contribution in [-0.2, 0) is 11.3 Å². The van der Waals surface area contributed by atoms with Crippen LogP contribution < -0.4 is 5.32 Å². The van der Waals surface area contributed by atoms with Crippen molar-refractivity contribution in [2.45, 2.75) is 52.4 Å². The van der Waals surface area contributed by atoms with E-state index >= 15 is 0 Å². The summed E-state index contributed by atoms with van der Waals surface area (Å²) in [7, 11) is 0. The van der Waals surface area contributed by atoms with Crippen LogP contribution in [0.15, 0.2) is 92.4 Å². The maximum Gasteiger partial charge on any atom is 0.237 e. The molecule has 0 bridgehead atoms. The van der Waals surface area contributed by atoms with E-state index in [0.29, 0.717) is 12.5 Å². The highest BCUT2D eigenvalue weighted by Gasteiger charge is 2.31. The minimum Gasteiger partial charge on any atom is -0.467 e. The monoisotopic (exact) mass is 476 g/mol. The van der Waals surface area contributed by atoms with Gasteiger partial charge in [-0.05, 0) is 56.2 Å². The van der Waals surface area contributed by atoms with Crippen molar-refractivity contribution in [3.8, 4) is 0 Å². The van der Waals surface area contributed by atoms with Crippen molar-refractivity contribution in [1.29, 1.82) is 0 Å². The molecule has 0 aliphatic heterocycles. The van der Waals surface area contributed by atoms with Gasteiger partial charge in [0.05, 0.1) is 23.7 Å². The number of para-hydroxylation sites is 1. The van der Waals surface area contributed by atoms with Gasteiger partial charge in [0.25, 0.3) is 0 Å². The first-order chi connectivity index (χ1) is 16.2. The normalized spacial score (nSPS) is 14.2. The third-order valence-electron chi connectivity index (χ3n) is 5.35. The van der Waals surface area contributed by atoms with Gasteiger partial charge in [0.1, 0.15) is 11.6 Å². The highest BCUT2D eigenvalue weighted by atomic mass is 32.2. The van der Waals surface area contributed by atoms with E-state index in [2.05, 4.69) is 32.2 Å². The van der Waals surface area contributed by atoms with E-state index < -0.39 is 0 Å². The first-order valence-corrected chi connectivity index (χ1v) is 12.6. The Kier molecular flexibility index (Phi) is 6.55. The molecule has 0 radical (unpaired) electrons. The number of furan rings is 1. The third kappa shape index (κ3) is 5.34. The number of thioether (sulfide) groups is 1. The Morgan fingerprint density at radius 1 is 1.09 bits per heavy atom. The SMILES string of the molecule is CC(Sc1nnc(C2CC2)n1Cc1ccco1)C(=O)Nc1ccccc1Sc1ccccc1. The molecule has 33 heavy (non-hydrogen) atoms. The number of amides is 1. The summed E-state index contributed by atoms with van der Waals surface area (Å²) in [5, 5.41) is 12.3. The summed E-state index contributed by atoms with van der Waals surface area (Å²) >= 11 is 3.06. The molecule has 1 saturated carbocycles. The molecule has 1 atom stereocenters. The number of anilines is 1. The molecular formula is C25H24N4O2S2. The Morgan fingerprint density at radius 2 is 1.88 bits per heavy atom. The Bertz CT molecular complexity index is 1220. The number of aromatic nitrogens is 3. The summed E-state index contributed by atoms with van der Waals surface area (Å²) in [5.41, 5.74) is 0.805. The average molecular weight is 477 g/mol. The molecule has 1 aliphatic rings. The Labute approximate surface area is 201 Å². The van der Waals surface area contributed by atoms with Crippen LogP contribution in [0.4, 0.5) is 5.69 Å². The van der Waals surface area contributed by atoms with Crippen LogP contribution in [-0.4, -0.2) is 25.9 Å². The molecule has 1 N–H and O–H groups in total. The average Bonchev–Trinajstić information content (AvgIpc) is 3.40. The van der Waals surface area contributed by atoms with Gasteiger partial charge in [-0.1, -0.05) is 53.9 Å². The zero-order chi connectivity index (χ0) is 22.6. The number of benzene rings is 2. The van der Waals surface area contributed by atoms with Gasteiger partial charge in [-0.2, -0.15) is 0 Å². The second kappa shape index (κ2) is 9.89. The number of carbonyl (C=O) groups excluding carboxylic acids is 1. The predicted octanol–water partition coefficient (Wildman–Crippen LogP) is 6.07. The summed E-state index contributed by atoms with van der Waals surface area (Å²) in [6, 6.07) is 21.8.